The van der Waals surface area contributed by atoms with Gasteiger partial charge in [0.25, 0.3) is 0 Å². The second-order valence-corrected chi connectivity index (χ2v) is 9.44. The van der Waals surface area contributed by atoms with Crippen LogP contribution in [0.2, 0.25) is 0 Å². The molecule has 180 valence electrons. The highest BCUT2D eigenvalue weighted by atomic mass is 32.2. The summed E-state index contributed by atoms with van der Waals surface area (Å²) in [5, 5.41) is 5.07. The normalized spacial score (nSPS) is 13.8. The van der Waals surface area contributed by atoms with E-state index in [1.54, 1.807) is 24.8 Å². The van der Waals surface area contributed by atoms with E-state index in [1.807, 2.05) is 48.5 Å². The quantitative estimate of drug-likeness (QED) is 0.250. The van der Waals surface area contributed by atoms with Crippen molar-refractivity contribution in [3.05, 3.63) is 73.3 Å². The minimum atomic E-state index is 0.577. The molecule has 0 atom stereocenters. The summed E-state index contributed by atoms with van der Waals surface area (Å²) in [6.45, 7) is 3.14. The van der Waals surface area contributed by atoms with E-state index in [0.29, 0.717) is 11.1 Å². The first-order valence-corrected chi connectivity index (χ1v) is 12.7. The van der Waals surface area contributed by atoms with Gasteiger partial charge < -0.3 is 19.5 Å². The molecule has 0 aliphatic carbocycles. The van der Waals surface area contributed by atoms with Gasteiger partial charge in [-0.1, -0.05) is 12.1 Å². The van der Waals surface area contributed by atoms with E-state index < -0.39 is 0 Å². The molecule has 4 heterocycles. The average Bonchev–Trinajstić information content (AvgIpc) is 3.32. The van der Waals surface area contributed by atoms with Crippen molar-refractivity contribution in [1.82, 2.24) is 24.8 Å². The lowest BCUT2D eigenvalue weighted by molar-refractivity contribution is 0.389. The van der Waals surface area contributed by atoms with Gasteiger partial charge in [-0.2, -0.15) is 0 Å². The van der Waals surface area contributed by atoms with Gasteiger partial charge in [0.15, 0.2) is 16.5 Å². The Labute approximate surface area is 217 Å². The van der Waals surface area contributed by atoms with Crippen LogP contribution >= 0.6 is 24.2 Å². The highest BCUT2D eigenvalue weighted by Crippen LogP contribution is 2.32. The molecule has 5 aromatic rings. The summed E-state index contributed by atoms with van der Waals surface area (Å²) in [6.07, 6.45) is 5.02. The van der Waals surface area contributed by atoms with Crippen molar-refractivity contribution >= 4 is 68.8 Å². The summed E-state index contributed by atoms with van der Waals surface area (Å²) in [5.41, 5.74) is 3.36. The molecule has 9 nitrogen and oxygen atoms in total. The van der Waals surface area contributed by atoms with E-state index in [9.17, 15) is 0 Å². The van der Waals surface area contributed by atoms with E-state index in [2.05, 4.69) is 39.8 Å². The van der Waals surface area contributed by atoms with Crippen molar-refractivity contribution in [3.8, 4) is 0 Å². The number of piperazine rings is 1. The summed E-state index contributed by atoms with van der Waals surface area (Å²) < 4.78 is 9.24. The van der Waals surface area contributed by atoms with Crippen LogP contribution in [0.1, 0.15) is 0 Å². The van der Waals surface area contributed by atoms with E-state index in [1.165, 1.54) is 11.9 Å². The van der Waals surface area contributed by atoms with Crippen molar-refractivity contribution in [2.45, 2.75) is 4.90 Å². The Morgan fingerprint density at radius 1 is 0.889 bits per heavy atom. The number of hydrogen-bond donors (Lipinski definition) is 2. The molecule has 1 aliphatic heterocycles. The number of benzene rings is 2. The zero-order valence-electron chi connectivity index (χ0n) is 19.2. The number of hydrogen-bond acceptors (Lipinski definition) is 9. The Balaban J connectivity index is 1.06. The van der Waals surface area contributed by atoms with Gasteiger partial charge in [-0.3, -0.25) is 4.72 Å². The van der Waals surface area contributed by atoms with Crippen LogP contribution in [0.3, 0.4) is 0 Å². The molecule has 11 heteroatoms. The van der Waals surface area contributed by atoms with Gasteiger partial charge in [0.1, 0.15) is 17.4 Å². The van der Waals surface area contributed by atoms with E-state index >= 15 is 0 Å². The highest BCUT2D eigenvalue weighted by molar-refractivity contribution is 8.00. The largest absolute Gasteiger partial charge is 0.450 e. The number of furan rings is 1. The summed E-state index contributed by atoms with van der Waals surface area (Å²) in [4.78, 5) is 22.8. The van der Waals surface area contributed by atoms with Crippen LogP contribution in [0.15, 0.2) is 82.6 Å². The Morgan fingerprint density at radius 2 is 1.67 bits per heavy atom. The molecule has 0 saturated carbocycles. The number of para-hydroxylation sites is 1. The lowest BCUT2D eigenvalue weighted by Gasteiger charge is -2.36. The van der Waals surface area contributed by atoms with Gasteiger partial charge >= 0.3 is 0 Å². The van der Waals surface area contributed by atoms with E-state index in [-0.39, 0.29) is 0 Å². The van der Waals surface area contributed by atoms with Crippen molar-refractivity contribution in [2.75, 3.05) is 41.1 Å². The first-order valence-electron chi connectivity index (χ1n) is 11.5. The van der Waals surface area contributed by atoms with Gasteiger partial charge in [0, 0.05) is 54.5 Å². The van der Waals surface area contributed by atoms with Gasteiger partial charge in [0.05, 0.1) is 0 Å². The lowest BCUT2D eigenvalue weighted by Crippen LogP contribution is -2.50. The minimum absolute atomic E-state index is 0.577. The van der Waals surface area contributed by atoms with Crippen LogP contribution in [-0.2, 0) is 0 Å². The first kappa shape index (κ1) is 22.5. The molecule has 0 spiro atoms. The third-order valence-corrected chi connectivity index (χ3v) is 7.09. The highest BCUT2D eigenvalue weighted by Gasteiger charge is 2.23. The van der Waals surface area contributed by atoms with Crippen LogP contribution in [-0.4, -0.2) is 56.1 Å². The summed E-state index contributed by atoms with van der Waals surface area (Å²) in [7, 11) is 0. The molecule has 3 aromatic heterocycles. The van der Waals surface area contributed by atoms with E-state index in [0.717, 1.165) is 64.6 Å². The third-order valence-electron chi connectivity index (χ3n) is 5.94. The predicted octanol–water partition coefficient (Wildman–Crippen LogP) is 4.80. The maximum absolute atomic E-state index is 6.11. The van der Waals surface area contributed by atoms with Gasteiger partial charge in [0.2, 0.25) is 5.95 Å². The molecule has 2 N–H and O–H groups in total. The van der Waals surface area contributed by atoms with Crippen molar-refractivity contribution in [1.29, 1.82) is 0 Å². The molecule has 0 bridgehead atoms. The van der Waals surface area contributed by atoms with Crippen LogP contribution in [0.5, 0.6) is 0 Å². The van der Waals surface area contributed by atoms with Crippen LogP contribution in [0.4, 0.5) is 17.5 Å². The molecule has 0 amide bonds. The van der Waals surface area contributed by atoms with Crippen LogP contribution in [0.25, 0.3) is 22.1 Å². The molecule has 36 heavy (non-hydrogen) atoms. The minimum Gasteiger partial charge on any atom is -0.450 e. The second kappa shape index (κ2) is 9.96. The third kappa shape index (κ3) is 4.62. The second-order valence-electron chi connectivity index (χ2n) is 8.18. The predicted molar refractivity (Wildman–Crippen MR) is 147 cm³/mol. The number of fused-ring (bicyclic) bond motifs is 3. The molecule has 0 unspecified atom stereocenters. The Kier molecular flexibility index (Phi) is 6.22. The zero-order chi connectivity index (χ0) is 24.3. The maximum atomic E-state index is 6.11. The number of nitrogens with one attached hydrogen (secondary N) is 2. The number of aromatic nitrogens is 4. The Hall–Kier alpha value is -3.96. The number of thiocarbonyl (C=S) groups is 1. The lowest BCUT2D eigenvalue weighted by atomic mass is 10.2. The van der Waals surface area contributed by atoms with Crippen LogP contribution in [0, 0.1) is 0 Å². The smallest absolute Gasteiger partial charge is 0.233 e. The number of nitrogens with zero attached hydrogens (tertiary/aromatic N) is 6. The van der Waals surface area contributed by atoms with Crippen molar-refractivity contribution < 1.29 is 4.42 Å². The molecule has 1 aliphatic rings. The molecule has 0 radical (unpaired) electrons. The molecule has 1 saturated heterocycles. The SMILES string of the molecule is S=C(Nc1ccc(SNc2ncccn2)cc1)N1CCN(c2ncnc3c2oc2ccccc23)CC1. The first-order chi connectivity index (χ1) is 17.7. The van der Waals surface area contributed by atoms with Crippen LogP contribution < -0.4 is 14.9 Å². The fourth-order valence-electron chi connectivity index (χ4n) is 4.12. The molecule has 1 fully saturated rings. The zero-order valence-corrected chi connectivity index (χ0v) is 20.8. The fourth-order valence-corrected chi connectivity index (χ4v) is 5.01. The van der Waals surface area contributed by atoms with Gasteiger partial charge in [-0.25, -0.2) is 19.9 Å². The topological polar surface area (TPSA) is 95.2 Å². The summed E-state index contributed by atoms with van der Waals surface area (Å²) in [6, 6.07) is 17.8. The Bertz CT molecular complexity index is 1500. The van der Waals surface area contributed by atoms with Gasteiger partial charge in [-0.15, -0.1) is 0 Å². The van der Waals surface area contributed by atoms with Crippen molar-refractivity contribution in [3.63, 3.8) is 0 Å². The number of anilines is 3. The molecular formula is C25H22N8OS2. The van der Waals surface area contributed by atoms with E-state index in [4.69, 9.17) is 16.6 Å². The summed E-state index contributed by atoms with van der Waals surface area (Å²) in [5.74, 6) is 1.41. The summed E-state index contributed by atoms with van der Waals surface area (Å²) >= 11 is 7.16. The Morgan fingerprint density at radius 3 is 2.47 bits per heavy atom. The fraction of sp³-hybridized carbons (Fsp3) is 0.160. The van der Waals surface area contributed by atoms with Crippen molar-refractivity contribution in [2.24, 2.45) is 0 Å². The molecule has 6 rings (SSSR count). The standard InChI is InChI=1S/C25H22N8OS2/c35-25(30-17-6-8-18(9-7-17)36-31-24-26-10-3-11-27-24)33-14-12-32(13-15-33)23-22-21(28-16-29-23)19-4-1-2-5-20(19)34-22/h1-11,16H,12-15H2,(H,30,35)(H,26,27,31). The molecule has 2 aromatic carbocycles. The average molecular weight is 515 g/mol. The molecular weight excluding hydrogens is 492 g/mol. The maximum Gasteiger partial charge on any atom is 0.233 e. The van der Waals surface area contributed by atoms with Gasteiger partial charge in [-0.05, 0) is 66.6 Å². The number of rotatable bonds is 5. The monoisotopic (exact) mass is 514 g/mol.